The number of rotatable bonds is 4. The standard InChI is InChI=1S/C13H18BrFN2/c1-2-17(8-9-4-3-5-9)13-7-11(15)10(14)6-12(13)16/h6-7,9H,2-5,8,16H2,1H3. The Morgan fingerprint density at radius 3 is 2.71 bits per heavy atom. The van der Waals surface area contributed by atoms with Gasteiger partial charge in [-0.1, -0.05) is 6.42 Å². The number of nitrogens with zero attached hydrogens (tertiary/aromatic N) is 1. The van der Waals surface area contributed by atoms with E-state index in [1.807, 2.05) is 0 Å². The minimum atomic E-state index is -0.249. The van der Waals surface area contributed by atoms with E-state index in [0.29, 0.717) is 10.2 Å². The molecule has 0 atom stereocenters. The lowest BCUT2D eigenvalue weighted by atomic mass is 9.85. The van der Waals surface area contributed by atoms with Gasteiger partial charge < -0.3 is 10.6 Å². The molecular formula is C13H18BrFN2. The molecule has 0 spiro atoms. The Hall–Kier alpha value is -0.770. The van der Waals surface area contributed by atoms with Crippen molar-refractivity contribution in [1.82, 2.24) is 0 Å². The Kier molecular flexibility index (Phi) is 3.92. The first kappa shape index (κ1) is 12.7. The largest absolute Gasteiger partial charge is 0.397 e. The minimum Gasteiger partial charge on any atom is -0.397 e. The van der Waals surface area contributed by atoms with Crippen molar-refractivity contribution < 1.29 is 4.39 Å². The Bertz CT molecular complexity index is 405. The molecule has 94 valence electrons. The Balaban J connectivity index is 2.19. The highest BCUT2D eigenvalue weighted by Gasteiger charge is 2.21. The van der Waals surface area contributed by atoms with Crippen LogP contribution >= 0.6 is 15.9 Å². The molecule has 2 nitrogen and oxygen atoms in total. The van der Waals surface area contributed by atoms with Crippen LogP contribution in [0.2, 0.25) is 0 Å². The van der Waals surface area contributed by atoms with Crippen LogP contribution in [0, 0.1) is 11.7 Å². The monoisotopic (exact) mass is 300 g/mol. The van der Waals surface area contributed by atoms with E-state index in [-0.39, 0.29) is 5.82 Å². The lowest BCUT2D eigenvalue weighted by molar-refractivity contribution is 0.318. The molecule has 1 aliphatic carbocycles. The summed E-state index contributed by atoms with van der Waals surface area (Å²) in [6.07, 6.45) is 3.90. The van der Waals surface area contributed by atoms with Crippen LogP contribution in [0.3, 0.4) is 0 Å². The summed E-state index contributed by atoms with van der Waals surface area (Å²) in [5.74, 6) is 0.502. The average molecular weight is 301 g/mol. The number of hydrogen-bond donors (Lipinski definition) is 1. The van der Waals surface area contributed by atoms with Gasteiger partial charge in [0.25, 0.3) is 0 Å². The zero-order valence-corrected chi connectivity index (χ0v) is 11.6. The maximum atomic E-state index is 13.6. The molecule has 0 unspecified atom stereocenters. The molecule has 1 aliphatic rings. The zero-order valence-electron chi connectivity index (χ0n) is 10.0. The van der Waals surface area contributed by atoms with Gasteiger partial charge >= 0.3 is 0 Å². The van der Waals surface area contributed by atoms with Crippen LogP contribution in [0.5, 0.6) is 0 Å². The predicted octanol–water partition coefficient (Wildman–Crippen LogP) is 3.80. The average Bonchev–Trinajstić information content (AvgIpc) is 2.23. The van der Waals surface area contributed by atoms with Crippen LogP contribution in [-0.4, -0.2) is 13.1 Å². The Morgan fingerprint density at radius 2 is 2.18 bits per heavy atom. The van der Waals surface area contributed by atoms with E-state index < -0.39 is 0 Å². The maximum absolute atomic E-state index is 13.6. The molecule has 4 heteroatoms. The molecule has 1 aromatic carbocycles. The smallest absolute Gasteiger partial charge is 0.139 e. The second-order valence-corrected chi connectivity index (χ2v) is 5.52. The number of halogens is 2. The summed E-state index contributed by atoms with van der Waals surface area (Å²) in [7, 11) is 0. The van der Waals surface area contributed by atoms with Gasteiger partial charge in [-0.3, -0.25) is 0 Å². The summed E-state index contributed by atoms with van der Waals surface area (Å²) in [5.41, 5.74) is 7.42. The summed E-state index contributed by atoms with van der Waals surface area (Å²) < 4.78 is 14.0. The molecule has 0 aliphatic heterocycles. The van der Waals surface area contributed by atoms with Crippen molar-refractivity contribution in [3.63, 3.8) is 0 Å². The molecule has 0 radical (unpaired) electrons. The Morgan fingerprint density at radius 1 is 1.47 bits per heavy atom. The fourth-order valence-corrected chi connectivity index (χ4v) is 2.57. The molecule has 1 saturated carbocycles. The summed E-state index contributed by atoms with van der Waals surface area (Å²) in [4.78, 5) is 2.18. The van der Waals surface area contributed by atoms with Crippen LogP contribution in [0.4, 0.5) is 15.8 Å². The van der Waals surface area contributed by atoms with E-state index in [0.717, 1.165) is 24.7 Å². The van der Waals surface area contributed by atoms with Gasteiger partial charge in [0.05, 0.1) is 15.8 Å². The fourth-order valence-electron chi connectivity index (χ4n) is 2.21. The van der Waals surface area contributed by atoms with Crippen molar-refractivity contribution in [2.75, 3.05) is 23.7 Å². The van der Waals surface area contributed by atoms with Gasteiger partial charge in [-0.2, -0.15) is 0 Å². The fraction of sp³-hybridized carbons (Fsp3) is 0.538. The summed E-state index contributed by atoms with van der Waals surface area (Å²) in [6.45, 7) is 3.93. The summed E-state index contributed by atoms with van der Waals surface area (Å²) in [5, 5.41) is 0. The third kappa shape index (κ3) is 2.73. The molecule has 0 aromatic heterocycles. The van der Waals surface area contributed by atoms with Crippen molar-refractivity contribution in [1.29, 1.82) is 0 Å². The predicted molar refractivity (Wildman–Crippen MR) is 73.7 cm³/mol. The van der Waals surface area contributed by atoms with Gasteiger partial charge in [0.1, 0.15) is 5.82 Å². The van der Waals surface area contributed by atoms with E-state index in [1.54, 1.807) is 6.07 Å². The second-order valence-electron chi connectivity index (χ2n) is 4.66. The molecule has 2 N–H and O–H groups in total. The van der Waals surface area contributed by atoms with Crippen molar-refractivity contribution >= 4 is 27.3 Å². The lowest BCUT2D eigenvalue weighted by Gasteiger charge is -2.33. The lowest BCUT2D eigenvalue weighted by Crippen LogP contribution is -2.33. The van der Waals surface area contributed by atoms with E-state index in [1.165, 1.54) is 25.3 Å². The minimum absolute atomic E-state index is 0.249. The van der Waals surface area contributed by atoms with Crippen LogP contribution in [-0.2, 0) is 0 Å². The molecular weight excluding hydrogens is 283 g/mol. The molecule has 0 saturated heterocycles. The SMILES string of the molecule is CCN(CC1CCC1)c1cc(F)c(Br)cc1N. The van der Waals surface area contributed by atoms with Crippen LogP contribution in [0.25, 0.3) is 0 Å². The number of anilines is 2. The molecule has 0 bridgehead atoms. The molecule has 1 fully saturated rings. The van der Waals surface area contributed by atoms with Gasteiger partial charge in [-0.25, -0.2) is 4.39 Å². The highest BCUT2D eigenvalue weighted by molar-refractivity contribution is 9.10. The number of nitrogen functional groups attached to an aromatic ring is 1. The highest BCUT2D eigenvalue weighted by Crippen LogP contribution is 2.33. The van der Waals surface area contributed by atoms with Crippen molar-refractivity contribution in [3.05, 3.63) is 22.4 Å². The first-order chi connectivity index (χ1) is 8.11. The van der Waals surface area contributed by atoms with E-state index in [2.05, 4.69) is 27.8 Å². The molecule has 17 heavy (non-hydrogen) atoms. The number of benzene rings is 1. The van der Waals surface area contributed by atoms with Gasteiger partial charge in [-0.15, -0.1) is 0 Å². The third-order valence-corrected chi connectivity index (χ3v) is 4.10. The Labute approximate surface area is 110 Å². The molecule has 0 heterocycles. The summed E-state index contributed by atoms with van der Waals surface area (Å²) >= 11 is 3.15. The van der Waals surface area contributed by atoms with Crippen LogP contribution in [0.15, 0.2) is 16.6 Å². The third-order valence-electron chi connectivity index (χ3n) is 3.50. The maximum Gasteiger partial charge on any atom is 0.139 e. The van der Waals surface area contributed by atoms with E-state index >= 15 is 0 Å². The van der Waals surface area contributed by atoms with Crippen molar-refractivity contribution in [3.8, 4) is 0 Å². The number of hydrogen-bond acceptors (Lipinski definition) is 2. The second kappa shape index (κ2) is 5.25. The molecule has 1 aromatic rings. The first-order valence-corrected chi connectivity index (χ1v) is 6.90. The van der Waals surface area contributed by atoms with Crippen LogP contribution in [0.1, 0.15) is 26.2 Å². The normalized spacial score (nSPS) is 15.7. The van der Waals surface area contributed by atoms with E-state index in [9.17, 15) is 4.39 Å². The van der Waals surface area contributed by atoms with Gasteiger partial charge in [-0.05, 0) is 47.7 Å². The first-order valence-electron chi connectivity index (χ1n) is 6.11. The molecule has 2 rings (SSSR count). The van der Waals surface area contributed by atoms with Gasteiger partial charge in [0, 0.05) is 19.2 Å². The molecule has 0 amide bonds. The highest BCUT2D eigenvalue weighted by atomic mass is 79.9. The van der Waals surface area contributed by atoms with Crippen molar-refractivity contribution in [2.45, 2.75) is 26.2 Å². The number of nitrogens with two attached hydrogens (primary N) is 1. The quantitative estimate of drug-likeness (QED) is 0.857. The van der Waals surface area contributed by atoms with Crippen LogP contribution < -0.4 is 10.6 Å². The van der Waals surface area contributed by atoms with E-state index in [4.69, 9.17) is 5.73 Å². The topological polar surface area (TPSA) is 29.3 Å². The van der Waals surface area contributed by atoms with Gasteiger partial charge in [0.2, 0.25) is 0 Å². The zero-order chi connectivity index (χ0) is 12.4. The summed E-state index contributed by atoms with van der Waals surface area (Å²) in [6, 6.07) is 3.18. The van der Waals surface area contributed by atoms with Crippen molar-refractivity contribution in [2.24, 2.45) is 5.92 Å². The van der Waals surface area contributed by atoms with Gasteiger partial charge in [0.15, 0.2) is 0 Å².